The van der Waals surface area contributed by atoms with Crippen LogP contribution in [0.2, 0.25) is 0 Å². The lowest BCUT2D eigenvalue weighted by Crippen LogP contribution is -2.17. The highest BCUT2D eigenvalue weighted by molar-refractivity contribution is 8.18. The van der Waals surface area contributed by atoms with Gasteiger partial charge in [0.1, 0.15) is 5.82 Å². The Hall–Kier alpha value is -2.93. The number of pyridine rings is 1. The topological polar surface area (TPSA) is 64.0 Å². The SMILES string of the molecule is O=C1NC(=O)/C(=C/c2cn(Cc3ccccn3)c3cc(F)ccc23)S1. The van der Waals surface area contributed by atoms with Crippen LogP contribution in [0.25, 0.3) is 17.0 Å². The van der Waals surface area contributed by atoms with Crippen molar-refractivity contribution in [1.29, 1.82) is 0 Å². The van der Waals surface area contributed by atoms with Gasteiger partial charge in [-0.15, -0.1) is 0 Å². The summed E-state index contributed by atoms with van der Waals surface area (Å²) in [5.41, 5.74) is 2.29. The first kappa shape index (κ1) is 15.6. The molecule has 5 nitrogen and oxygen atoms in total. The number of nitrogens with zero attached hydrogens (tertiary/aromatic N) is 2. The number of nitrogens with one attached hydrogen (secondary N) is 1. The van der Waals surface area contributed by atoms with Gasteiger partial charge >= 0.3 is 0 Å². The lowest BCUT2D eigenvalue weighted by molar-refractivity contribution is -0.115. The van der Waals surface area contributed by atoms with E-state index in [1.54, 1.807) is 18.3 Å². The van der Waals surface area contributed by atoms with Gasteiger partial charge in [-0.05, 0) is 48.2 Å². The van der Waals surface area contributed by atoms with Crippen molar-refractivity contribution < 1.29 is 14.0 Å². The van der Waals surface area contributed by atoms with Crippen LogP contribution in [-0.4, -0.2) is 20.7 Å². The second kappa shape index (κ2) is 6.18. The highest BCUT2D eigenvalue weighted by Crippen LogP contribution is 2.30. The number of benzene rings is 1. The summed E-state index contributed by atoms with van der Waals surface area (Å²) in [5, 5.41) is 2.64. The zero-order valence-corrected chi connectivity index (χ0v) is 13.7. The molecule has 0 atom stereocenters. The van der Waals surface area contributed by atoms with E-state index in [0.717, 1.165) is 28.4 Å². The van der Waals surface area contributed by atoms with Crippen LogP contribution in [0, 0.1) is 5.82 Å². The number of halogens is 1. The van der Waals surface area contributed by atoms with Crippen molar-refractivity contribution in [2.75, 3.05) is 0 Å². The van der Waals surface area contributed by atoms with E-state index in [9.17, 15) is 14.0 Å². The number of rotatable bonds is 3. The molecule has 0 bridgehead atoms. The summed E-state index contributed by atoms with van der Waals surface area (Å²) in [5.74, 6) is -0.752. The van der Waals surface area contributed by atoms with Gasteiger partial charge in [0.2, 0.25) is 0 Å². The molecule has 1 N–H and O–H groups in total. The van der Waals surface area contributed by atoms with Gasteiger partial charge in [-0.1, -0.05) is 6.07 Å². The Balaban J connectivity index is 1.81. The van der Waals surface area contributed by atoms with Crippen molar-refractivity contribution in [3.05, 3.63) is 70.8 Å². The Morgan fingerprint density at radius 1 is 1.24 bits per heavy atom. The lowest BCUT2D eigenvalue weighted by atomic mass is 10.1. The summed E-state index contributed by atoms with van der Waals surface area (Å²) in [6, 6.07) is 10.1. The molecule has 1 aliphatic heterocycles. The van der Waals surface area contributed by atoms with Gasteiger partial charge in [0.15, 0.2) is 0 Å². The second-order valence-corrected chi connectivity index (χ2v) is 6.56. The van der Waals surface area contributed by atoms with Gasteiger partial charge in [-0.25, -0.2) is 4.39 Å². The Morgan fingerprint density at radius 2 is 2.12 bits per heavy atom. The number of fused-ring (bicyclic) bond motifs is 1. The maximum absolute atomic E-state index is 13.7. The molecule has 124 valence electrons. The minimum Gasteiger partial charge on any atom is -0.341 e. The monoisotopic (exact) mass is 353 g/mol. The zero-order chi connectivity index (χ0) is 17.4. The molecule has 25 heavy (non-hydrogen) atoms. The van der Waals surface area contributed by atoms with Gasteiger partial charge in [0.05, 0.1) is 22.7 Å². The number of aromatic nitrogens is 2. The van der Waals surface area contributed by atoms with E-state index in [4.69, 9.17) is 0 Å². The Morgan fingerprint density at radius 3 is 2.84 bits per heavy atom. The van der Waals surface area contributed by atoms with E-state index >= 15 is 0 Å². The van der Waals surface area contributed by atoms with Crippen LogP contribution in [0.15, 0.2) is 53.7 Å². The van der Waals surface area contributed by atoms with Crippen LogP contribution in [0.1, 0.15) is 11.3 Å². The number of hydrogen-bond acceptors (Lipinski definition) is 4. The zero-order valence-electron chi connectivity index (χ0n) is 12.9. The van der Waals surface area contributed by atoms with Crippen molar-refractivity contribution in [3.63, 3.8) is 0 Å². The lowest BCUT2D eigenvalue weighted by Gasteiger charge is -2.04. The summed E-state index contributed by atoms with van der Waals surface area (Å²) in [7, 11) is 0. The summed E-state index contributed by atoms with van der Waals surface area (Å²) >= 11 is 0.859. The minimum atomic E-state index is -0.414. The van der Waals surface area contributed by atoms with Gasteiger partial charge in [-0.2, -0.15) is 0 Å². The van der Waals surface area contributed by atoms with Gasteiger partial charge < -0.3 is 4.57 Å². The van der Waals surface area contributed by atoms with Crippen LogP contribution in [-0.2, 0) is 11.3 Å². The highest BCUT2D eigenvalue weighted by Gasteiger charge is 2.25. The quantitative estimate of drug-likeness (QED) is 0.732. The maximum atomic E-state index is 13.7. The predicted molar refractivity (Wildman–Crippen MR) is 94.3 cm³/mol. The number of imide groups is 1. The third-order valence-electron chi connectivity index (χ3n) is 3.86. The first-order valence-electron chi connectivity index (χ1n) is 7.53. The average Bonchev–Trinajstić information content (AvgIpc) is 3.08. The normalized spacial score (nSPS) is 16.0. The molecule has 1 saturated heterocycles. The van der Waals surface area contributed by atoms with Crippen molar-refractivity contribution >= 4 is 39.9 Å². The summed E-state index contributed by atoms with van der Waals surface area (Å²) in [4.78, 5) is 27.7. The molecule has 0 saturated carbocycles. The molecule has 0 spiro atoms. The molecule has 3 aromatic rings. The van der Waals surface area contributed by atoms with E-state index in [2.05, 4.69) is 10.3 Å². The number of hydrogen-bond donors (Lipinski definition) is 1. The molecule has 4 rings (SSSR count). The minimum absolute atomic E-state index is 0.325. The van der Waals surface area contributed by atoms with Gasteiger partial charge in [0, 0.05) is 23.3 Å². The molecule has 3 heterocycles. The number of thioether (sulfide) groups is 1. The molecule has 1 aromatic carbocycles. The molecular weight excluding hydrogens is 341 g/mol. The smallest absolute Gasteiger partial charge is 0.290 e. The van der Waals surface area contributed by atoms with E-state index in [1.165, 1.54) is 12.1 Å². The Bertz CT molecular complexity index is 1030. The number of carbonyl (C=O) groups is 2. The summed E-state index contributed by atoms with van der Waals surface area (Å²) in [6.07, 6.45) is 5.19. The van der Waals surface area contributed by atoms with Gasteiger partial charge in [-0.3, -0.25) is 19.9 Å². The highest BCUT2D eigenvalue weighted by atomic mass is 32.2. The maximum Gasteiger partial charge on any atom is 0.290 e. The van der Waals surface area contributed by atoms with Crippen LogP contribution < -0.4 is 5.32 Å². The molecule has 1 fully saturated rings. The molecule has 1 aliphatic rings. The summed E-state index contributed by atoms with van der Waals surface area (Å²) < 4.78 is 15.6. The van der Waals surface area contributed by atoms with Crippen LogP contribution in [0.5, 0.6) is 0 Å². The first-order chi connectivity index (χ1) is 12.1. The fraction of sp³-hybridized carbons (Fsp3) is 0.0556. The predicted octanol–water partition coefficient (Wildman–Crippen LogP) is 3.55. The number of amides is 2. The molecule has 2 amide bonds. The van der Waals surface area contributed by atoms with Crippen LogP contribution >= 0.6 is 11.8 Å². The van der Waals surface area contributed by atoms with Crippen molar-refractivity contribution in [3.8, 4) is 0 Å². The Kier molecular flexibility index (Phi) is 3.85. The fourth-order valence-electron chi connectivity index (χ4n) is 2.77. The van der Waals surface area contributed by atoms with Crippen LogP contribution in [0.3, 0.4) is 0 Å². The van der Waals surface area contributed by atoms with E-state index in [-0.39, 0.29) is 11.1 Å². The van der Waals surface area contributed by atoms with E-state index in [1.807, 2.05) is 29.0 Å². The summed E-state index contributed by atoms with van der Waals surface area (Å²) in [6.45, 7) is 0.474. The molecule has 7 heteroatoms. The number of carbonyl (C=O) groups excluding carboxylic acids is 2. The third-order valence-corrected chi connectivity index (χ3v) is 4.67. The first-order valence-corrected chi connectivity index (χ1v) is 8.35. The van der Waals surface area contributed by atoms with Crippen molar-refractivity contribution in [2.24, 2.45) is 0 Å². The van der Waals surface area contributed by atoms with Gasteiger partial charge in [0.25, 0.3) is 11.1 Å². The molecule has 0 aliphatic carbocycles. The van der Waals surface area contributed by atoms with Crippen molar-refractivity contribution in [1.82, 2.24) is 14.9 Å². The van der Waals surface area contributed by atoms with E-state index in [0.29, 0.717) is 17.0 Å². The molecular formula is C18H12FN3O2S. The third kappa shape index (κ3) is 3.06. The standard InChI is InChI=1S/C18H12FN3O2S/c19-12-4-5-14-11(7-16-17(23)21-18(24)25-16)9-22(15(14)8-12)10-13-3-1-2-6-20-13/h1-9H,10H2,(H,21,23,24)/b16-7-. The molecule has 2 aromatic heterocycles. The molecule has 0 unspecified atom stereocenters. The van der Waals surface area contributed by atoms with Crippen molar-refractivity contribution in [2.45, 2.75) is 6.54 Å². The van der Waals surface area contributed by atoms with E-state index < -0.39 is 5.91 Å². The second-order valence-electron chi connectivity index (χ2n) is 5.55. The van der Waals surface area contributed by atoms with Crippen LogP contribution in [0.4, 0.5) is 9.18 Å². The molecule has 0 radical (unpaired) electrons. The average molecular weight is 353 g/mol. The fourth-order valence-corrected chi connectivity index (χ4v) is 3.44. The largest absolute Gasteiger partial charge is 0.341 e. The Labute approximate surface area is 146 Å².